The van der Waals surface area contributed by atoms with Crippen LogP contribution in [0.1, 0.15) is 22.3 Å². The molecule has 1 unspecified atom stereocenters. The average Bonchev–Trinajstić information content (AvgIpc) is 2.23. The van der Waals surface area contributed by atoms with Crippen molar-refractivity contribution < 1.29 is 9.53 Å². The average molecular weight is 342 g/mol. The second-order valence-corrected chi connectivity index (χ2v) is 5.16. The van der Waals surface area contributed by atoms with Gasteiger partial charge in [-0.25, -0.2) is 0 Å². The molecule has 0 radical (unpaired) electrons. The summed E-state index contributed by atoms with van der Waals surface area (Å²) in [7, 11) is 0. The van der Waals surface area contributed by atoms with Crippen LogP contribution >= 0.6 is 22.6 Å². The van der Waals surface area contributed by atoms with E-state index in [2.05, 4.69) is 18.1 Å². The first-order valence-corrected chi connectivity index (χ1v) is 6.55. The fourth-order valence-electron chi connectivity index (χ4n) is 1.82. The molecule has 0 aliphatic rings. The van der Waals surface area contributed by atoms with Crippen molar-refractivity contribution in [3.63, 3.8) is 0 Å². The van der Waals surface area contributed by atoms with Gasteiger partial charge in [-0.05, 0) is 60.1 Å². The molecule has 0 fully saturated rings. The van der Waals surface area contributed by atoms with Crippen LogP contribution in [-0.4, -0.2) is 10.1 Å². The minimum atomic E-state index is -0.494. The van der Waals surface area contributed by atoms with E-state index >= 15 is 0 Å². The second-order valence-electron chi connectivity index (χ2n) is 4.03. The van der Waals surface area contributed by atoms with Gasteiger partial charge in [0, 0.05) is 0 Å². The normalized spacial score (nSPS) is 11.7. The van der Waals surface area contributed by atoms with Crippen LogP contribution in [0.3, 0.4) is 0 Å². The Morgan fingerprint density at radius 1 is 1.41 bits per heavy atom. The molecule has 0 saturated carbocycles. The van der Waals surface area contributed by atoms with Crippen LogP contribution in [0.4, 0.5) is 0 Å². The molecule has 0 aromatic heterocycles. The number of hydrogen-bond acceptors (Lipinski definition) is 2. The Morgan fingerprint density at radius 2 is 1.94 bits per heavy atom. The van der Waals surface area contributed by atoms with E-state index in [-0.39, 0.29) is 12.4 Å². The molecule has 0 N–H and O–H groups in total. The number of ether oxygens (including phenoxy) is 1. The summed E-state index contributed by atoms with van der Waals surface area (Å²) in [5.74, 6) is 2.08. The number of esters is 1. The molecule has 0 aliphatic carbocycles. The van der Waals surface area contributed by atoms with Crippen LogP contribution in [0.5, 0.6) is 0 Å². The van der Waals surface area contributed by atoms with Gasteiger partial charge in [-0.2, -0.15) is 0 Å². The molecule has 0 aliphatic heterocycles. The van der Waals surface area contributed by atoms with Gasteiger partial charge in [-0.3, -0.25) is 4.79 Å². The zero-order valence-electron chi connectivity index (χ0n) is 10.2. The van der Waals surface area contributed by atoms with Crippen molar-refractivity contribution in [1.82, 2.24) is 0 Å². The summed E-state index contributed by atoms with van der Waals surface area (Å²) in [6, 6.07) is 4.14. The highest BCUT2D eigenvalue weighted by Gasteiger charge is 2.12. The molecule has 0 spiro atoms. The lowest BCUT2D eigenvalue weighted by atomic mass is 9.97. The van der Waals surface area contributed by atoms with E-state index in [0.717, 1.165) is 16.7 Å². The number of carbonyl (C=O) groups is 1. The maximum Gasteiger partial charge on any atom is 0.312 e. The molecule has 1 aromatic rings. The van der Waals surface area contributed by atoms with E-state index in [1.54, 1.807) is 0 Å². The van der Waals surface area contributed by atoms with Crippen LogP contribution < -0.4 is 0 Å². The Morgan fingerprint density at radius 3 is 2.41 bits per heavy atom. The third-order valence-corrected chi connectivity index (χ3v) is 3.14. The van der Waals surface area contributed by atoms with Crippen LogP contribution in [0.25, 0.3) is 0 Å². The maximum atomic E-state index is 11.6. The number of alkyl halides is 1. The molecule has 0 heterocycles. The number of aryl methyl sites for hydroxylation is 3. The first kappa shape index (κ1) is 14.0. The second kappa shape index (κ2) is 6.06. The van der Waals surface area contributed by atoms with Gasteiger partial charge in [-0.15, -0.1) is 6.42 Å². The highest BCUT2D eigenvalue weighted by molar-refractivity contribution is 14.1. The maximum absolute atomic E-state index is 11.6. The fourth-order valence-corrected chi connectivity index (χ4v) is 2.11. The number of benzene rings is 1. The van der Waals surface area contributed by atoms with E-state index < -0.39 is 4.11 Å². The minimum absolute atomic E-state index is 0.277. The predicted octanol–water partition coefficient (Wildman–Crippen LogP) is 3.09. The largest absolute Gasteiger partial charge is 0.439 e. The smallest absolute Gasteiger partial charge is 0.312 e. The highest BCUT2D eigenvalue weighted by Crippen LogP contribution is 2.18. The number of halogens is 1. The van der Waals surface area contributed by atoms with Crippen molar-refractivity contribution in [2.45, 2.75) is 31.3 Å². The monoisotopic (exact) mass is 342 g/mol. The number of carbonyl (C=O) groups excluding carboxylic acids is 1. The van der Waals surface area contributed by atoms with Crippen molar-refractivity contribution in [2.24, 2.45) is 0 Å². The van der Waals surface area contributed by atoms with E-state index in [4.69, 9.17) is 11.2 Å². The first-order chi connectivity index (χ1) is 7.93. The van der Waals surface area contributed by atoms with E-state index in [0.29, 0.717) is 0 Å². The summed E-state index contributed by atoms with van der Waals surface area (Å²) >= 11 is 1.91. The van der Waals surface area contributed by atoms with Gasteiger partial charge < -0.3 is 4.74 Å². The first-order valence-electron chi connectivity index (χ1n) is 5.30. The standard InChI is InChI=1S/C14H15IO2/c1-5-13(15)17-14(16)8-12-10(3)6-9(2)7-11(12)4/h1,6-7,13H,8H2,2-4H3. The Hall–Kier alpha value is -1.02. The lowest BCUT2D eigenvalue weighted by molar-refractivity contribution is -0.142. The Balaban J connectivity index is 2.83. The molecule has 1 aromatic carbocycles. The zero-order chi connectivity index (χ0) is 13.0. The molecule has 0 amide bonds. The quantitative estimate of drug-likeness (QED) is 0.365. The summed E-state index contributed by atoms with van der Waals surface area (Å²) in [5, 5.41) is 0. The SMILES string of the molecule is C#CC(I)OC(=O)Cc1c(C)cc(C)cc1C. The molecular formula is C14H15IO2. The minimum Gasteiger partial charge on any atom is -0.439 e. The number of rotatable bonds is 3. The molecule has 0 saturated heterocycles. The van der Waals surface area contributed by atoms with Crippen molar-refractivity contribution in [2.75, 3.05) is 0 Å². The summed E-state index contributed by atoms with van der Waals surface area (Å²) in [5.41, 5.74) is 4.46. The molecule has 17 heavy (non-hydrogen) atoms. The molecule has 3 heteroatoms. The van der Waals surface area contributed by atoms with Crippen LogP contribution in [-0.2, 0) is 16.0 Å². The molecule has 1 rings (SSSR count). The molecule has 2 nitrogen and oxygen atoms in total. The van der Waals surface area contributed by atoms with Crippen molar-refractivity contribution in [1.29, 1.82) is 0 Å². The van der Waals surface area contributed by atoms with E-state index in [1.807, 2.05) is 43.4 Å². The molecule has 90 valence electrons. The number of hydrogen-bond donors (Lipinski definition) is 0. The zero-order valence-corrected chi connectivity index (χ0v) is 12.4. The van der Waals surface area contributed by atoms with Crippen LogP contribution in [0.2, 0.25) is 0 Å². The van der Waals surface area contributed by atoms with E-state index in [1.165, 1.54) is 5.56 Å². The third-order valence-electron chi connectivity index (χ3n) is 2.53. The Bertz CT molecular complexity index is 449. The molecule has 1 atom stereocenters. The van der Waals surface area contributed by atoms with Crippen molar-refractivity contribution in [3.8, 4) is 12.3 Å². The summed E-state index contributed by atoms with van der Waals surface area (Å²) in [6.45, 7) is 6.05. The van der Waals surface area contributed by atoms with Gasteiger partial charge in [0.1, 0.15) is 0 Å². The van der Waals surface area contributed by atoms with Gasteiger partial charge in [0.25, 0.3) is 0 Å². The topological polar surface area (TPSA) is 26.3 Å². The summed E-state index contributed by atoms with van der Waals surface area (Å²) in [6.07, 6.45) is 5.44. The Labute approximate surface area is 116 Å². The van der Waals surface area contributed by atoms with Crippen molar-refractivity contribution >= 4 is 28.6 Å². The molecule has 0 bridgehead atoms. The Kier molecular flexibility index (Phi) is 5.01. The van der Waals surface area contributed by atoms with Crippen LogP contribution in [0, 0.1) is 33.1 Å². The third kappa shape index (κ3) is 4.04. The lowest BCUT2D eigenvalue weighted by Gasteiger charge is -2.11. The van der Waals surface area contributed by atoms with Gasteiger partial charge >= 0.3 is 5.97 Å². The fraction of sp³-hybridized carbons (Fsp3) is 0.357. The van der Waals surface area contributed by atoms with Gasteiger partial charge in [0.2, 0.25) is 4.11 Å². The summed E-state index contributed by atoms with van der Waals surface area (Å²) in [4.78, 5) is 11.6. The highest BCUT2D eigenvalue weighted by atomic mass is 127. The van der Waals surface area contributed by atoms with Gasteiger partial charge in [0.05, 0.1) is 6.42 Å². The number of terminal acetylenes is 1. The lowest BCUT2D eigenvalue weighted by Crippen LogP contribution is -2.14. The van der Waals surface area contributed by atoms with Gasteiger partial charge in [0.15, 0.2) is 0 Å². The summed E-state index contributed by atoms with van der Waals surface area (Å²) < 4.78 is 4.56. The predicted molar refractivity (Wildman–Crippen MR) is 77.1 cm³/mol. The van der Waals surface area contributed by atoms with E-state index in [9.17, 15) is 4.79 Å². The molecular weight excluding hydrogens is 327 g/mol. The van der Waals surface area contributed by atoms with Crippen LogP contribution in [0.15, 0.2) is 12.1 Å². The van der Waals surface area contributed by atoms with Gasteiger partial charge in [-0.1, -0.05) is 23.6 Å². The van der Waals surface area contributed by atoms with Crippen molar-refractivity contribution in [3.05, 3.63) is 34.4 Å².